The molecular formula is C24H18ClNO5S. The van der Waals surface area contributed by atoms with E-state index in [1.54, 1.807) is 12.1 Å². The van der Waals surface area contributed by atoms with Crippen molar-refractivity contribution in [2.75, 3.05) is 13.7 Å². The molecule has 1 aliphatic heterocycles. The zero-order chi connectivity index (χ0) is 22.7. The summed E-state index contributed by atoms with van der Waals surface area (Å²) in [6, 6.07) is 18.8. The second-order valence-electron chi connectivity index (χ2n) is 6.92. The van der Waals surface area contributed by atoms with Crippen LogP contribution < -0.4 is 4.74 Å². The van der Waals surface area contributed by atoms with Crippen LogP contribution in [0.1, 0.15) is 11.1 Å². The van der Waals surface area contributed by atoms with E-state index in [1.165, 1.54) is 7.11 Å². The monoisotopic (exact) mass is 467 g/mol. The molecule has 4 rings (SSSR count). The number of imide groups is 1. The lowest BCUT2D eigenvalue weighted by Crippen LogP contribution is -2.34. The number of fused-ring (bicyclic) bond motifs is 1. The molecule has 0 aliphatic carbocycles. The predicted molar refractivity (Wildman–Crippen MR) is 124 cm³/mol. The van der Waals surface area contributed by atoms with Crippen molar-refractivity contribution in [2.24, 2.45) is 0 Å². The number of benzene rings is 3. The molecule has 8 heteroatoms. The van der Waals surface area contributed by atoms with Crippen LogP contribution in [0.15, 0.2) is 65.6 Å². The van der Waals surface area contributed by atoms with Crippen LogP contribution in [0, 0.1) is 0 Å². The van der Waals surface area contributed by atoms with Crippen molar-refractivity contribution < 1.29 is 23.9 Å². The third-order valence-electron chi connectivity index (χ3n) is 4.94. The van der Waals surface area contributed by atoms with Crippen LogP contribution >= 0.6 is 23.4 Å². The number of esters is 1. The number of thioether (sulfide) groups is 1. The zero-order valence-electron chi connectivity index (χ0n) is 17.0. The fraction of sp³-hybridized carbons (Fsp3) is 0.125. The maximum absolute atomic E-state index is 12.8. The van der Waals surface area contributed by atoms with Crippen molar-refractivity contribution >= 4 is 57.3 Å². The Balaban J connectivity index is 1.71. The first kappa shape index (κ1) is 21.9. The summed E-state index contributed by atoms with van der Waals surface area (Å²) in [6.45, 7) is -0.188. The number of carbonyl (C=O) groups excluding carboxylic acids is 3. The van der Waals surface area contributed by atoms with E-state index in [0.717, 1.165) is 33.0 Å². The topological polar surface area (TPSA) is 72.9 Å². The van der Waals surface area contributed by atoms with Gasteiger partial charge in [0.15, 0.2) is 0 Å². The first-order chi connectivity index (χ1) is 15.5. The van der Waals surface area contributed by atoms with Crippen molar-refractivity contribution in [2.45, 2.75) is 6.61 Å². The van der Waals surface area contributed by atoms with Crippen LogP contribution in [0.4, 0.5) is 4.79 Å². The summed E-state index contributed by atoms with van der Waals surface area (Å²) in [5, 5.41) is 1.89. The van der Waals surface area contributed by atoms with Gasteiger partial charge < -0.3 is 9.47 Å². The molecule has 1 aliphatic rings. The van der Waals surface area contributed by atoms with Gasteiger partial charge in [-0.3, -0.25) is 19.3 Å². The highest BCUT2D eigenvalue weighted by molar-refractivity contribution is 8.18. The van der Waals surface area contributed by atoms with Crippen molar-refractivity contribution in [3.63, 3.8) is 0 Å². The molecular weight excluding hydrogens is 450 g/mol. The molecule has 0 radical (unpaired) electrons. The van der Waals surface area contributed by atoms with E-state index in [-0.39, 0.29) is 11.5 Å². The minimum Gasteiger partial charge on any atom is -0.488 e. The van der Waals surface area contributed by atoms with E-state index in [0.29, 0.717) is 16.3 Å². The number of rotatable bonds is 6. The minimum absolute atomic E-state index is 0.206. The van der Waals surface area contributed by atoms with Gasteiger partial charge in [0.25, 0.3) is 11.1 Å². The van der Waals surface area contributed by atoms with Gasteiger partial charge in [0.05, 0.1) is 12.0 Å². The molecule has 32 heavy (non-hydrogen) atoms. The highest BCUT2D eigenvalue weighted by Gasteiger charge is 2.36. The fourth-order valence-corrected chi connectivity index (χ4v) is 4.29. The number of halogens is 1. The number of amides is 2. The first-order valence-corrected chi connectivity index (χ1v) is 10.9. The Morgan fingerprint density at radius 3 is 2.59 bits per heavy atom. The van der Waals surface area contributed by atoms with Gasteiger partial charge in [-0.05, 0) is 40.7 Å². The van der Waals surface area contributed by atoms with Crippen LogP contribution in [-0.2, 0) is 20.9 Å². The molecule has 0 spiro atoms. The van der Waals surface area contributed by atoms with E-state index in [2.05, 4.69) is 4.74 Å². The van der Waals surface area contributed by atoms with Crippen LogP contribution in [0.5, 0.6) is 5.75 Å². The standard InChI is InChI=1S/C24H18ClNO5S/c1-30-22(27)13-26-23(28)21(32-24(26)29)12-18-17-8-4-2-6-15(17)10-11-20(18)31-14-16-7-3-5-9-19(16)25/h2-12H,13-14H2,1H3/b21-12-. The summed E-state index contributed by atoms with van der Waals surface area (Å²) >= 11 is 7.02. The molecule has 6 nitrogen and oxygen atoms in total. The van der Waals surface area contributed by atoms with E-state index < -0.39 is 23.7 Å². The average Bonchev–Trinajstić information content (AvgIpc) is 3.06. The number of ether oxygens (including phenoxy) is 2. The van der Waals surface area contributed by atoms with Gasteiger partial charge in [-0.25, -0.2) is 0 Å². The Labute approximate surface area is 193 Å². The maximum atomic E-state index is 12.8. The maximum Gasteiger partial charge on any atom is 0.325 e. The van der Waals surface area contributed by atoms with Crippen molar-refractivity contribution in [3.05, 3.63) is 81.7 Å². The number of methoxy groups -OCH3 is 1. The van der Waals surface area contributed by atoms with Gasteiger partial charge in [-0.1, -0.05) is 60.1 Å². The first-order valence-electron chi connectivity index (χ1n) is 9.68. The lowest BCUT2D eigenvalue weighted by Gasteiger charge is -2.13. The summed E-state index contributed by atoms with van der Waals surface area (Å²) < 4.78 is 10.6. The molecule has 2 amide bonds. The Morgan fingerprint density at radius 1 is 1.06 bits per heavy atom. The van der Waals surface area contributed by atoms with Gasteiger partial charge in [0.1, 0.15) is 18.9 Å². The number of hydrogen-bond acceptors (Lipinski definition) is 6. The third kappa shape index (κ3) is 4.49. The normalized spacial score (nSPS) is 14.9. The summed E-state index contributed by atoms with van der Waals surface area (Å²) in [6.07, 6.45) is 1.63. The fourth-order valence-electron chi connectivity index (χ4n) is 3.28. The minimum atomic E-state index is -0.664. The average molecular weight is 468 g/mol. The molecule has 0 N–H and O–H groups in total. The van der Waals surface area contributed by atoms with E-state index in [1.807, 2.05) is 54.6 Å². The van der Waals surface area contributed by atoms with E-state index >= 15 is 0 Å². The number of hydrogen-bond donors (Lipinski definition) is 0. The van der Waals surface area contributed by atoms with Crippen LogP contribution in [0.3, 0.4) is 0 Å². The van der Waals surface area contributed by atoms with Gasteiger partial charge in [0.2, 0.25) is 0 Å². The van der Waals surface area contributed by atoms with Crippen LogP contribution in [0.25, 0.3) is 16.8 Å². The van der Waals surface area contributed by atoms with Gasteiger partial charge >= 0.3 is 5.97 Å². The predicted octanol–water partition coefficient (Wildman–Crippen LogP) is 5.28. The number of nitrogens with zero attached hydrogens (tertiary/aromatic N) is 1. The summed E-state index contributed by atoms with van der Waals surface area (Å²) in [4.78, 5) is 37.8. The molecule has 1 heterocycles. The summed E-state index contributed by atoms with van der Waals surface area (Å²) in [5.74, 6) is -0.666. The highest BCUT2D eigenvalue weighted by atomic mass is 35.5. The van der Waals surface area contributed by atoms with Crippen LogP contribution in [-0.4, -0.2) is 35.7 Å². The smallest absolute Gasteiger partial charge is 0.325 e. The molecule has 1 saturated heterocycles. The molecule has 162 valence electrons. The SMILES string of the molecule is COC(=O)CN1C(=O)S/C(=C\c2c(OCc3ccccc3Cl)ccc3ccccc23)C1=O. The van der Waals surface area contributed by atoms with Crippen molar-refractivity contribution in [1.82, 2.24) is 4.90 Å². The molecule has 0 unspecified atom stereocenters. The lowest BCUT2D eigenvalue weighted by atomic mass is 10.0. The van der Waals surface area contributed by atoms with Gasteiger partial charge in [0, 0.05) is 16.1 Å². The molecule has 0 aromatic heterocycles. The van der Waals surface area contributed by atoms with Gasteiger partial charge in [-0.2, -0.15) is 0 Å². The third-order valence-corrected chi connectivity index (χ3v) is 6.21. The molecule has 0 bridgehead atoms. The molecule has 1 fully saturated rings. The van der Waals surface area contributed by atoms with E-state index in [9.17, 15) is 14.4 Å². The number of carbonyl (C=O) groups is 3. The second-order valence-corrected chi connectivity index (χ2v) is 8.32. The Bertz CT molecular complexity index is 1260. The van der Waals surface area contributed by atoms with Crippen molar-refractivity contribution in [3.8, 4) is 5.75 Å². The molecule has 0 atom stereocenters. The molecule has 0 saturated carbocycles. The Kier molecular flexibility index (Phi) is 6.48. The van der Waals surface area contributed by atoms with E-state index in [4.69, 9.17) is 16.3 Å². The Hall–Kier alpha value is -3.29. The lowest BCUT2D eigenvalue weighted by molar-refractivity contribution is -0.143. The largest absolute Gasteiger partial charge is 0.488 e. The molecule has 3 aromatic carbocycles. The summed E-state index contributed by atoms with van der Waals surface area (Å²) in [5.41, 5.74) is 1.49. The summed E-state index contributed by atoms with van der Waals surface area (Å²) in [7, 11) is 1.20. The van der Waals surface area contributed by atoms with Crippen LogP contribution in [0.2, 0.25) is 5.02 Å². The quantitative estimate of drug-likeness (QED) is 0.362. The van der Waals surface area contributed by atoms with Crippen molar-refractivity contribution in [1.29, 1.82) is 0 Å². The molecule has 3 aromatic rings. The zero-order valence-corrected chi connectivity index (χ0v) is 18.6. The second kappa shape index (κ2) is 9.46. The highest BCUT2D eigenvalue weighted by Crippen LogP contribution is 2.37. The van der Waals surface area contributed by atoms with Gasteiger partial charge in [-0.15, -0.1) is 0 Å². The Morgan fingerprint density at radius 2 is 1.81 bits per heavy atom.